The first-order chi connectivity index (χ1) is 5.70. The zero-order valence-corrected chi connectivity index (χ0v) is 8.20. The highest BCUT2D eigenvalue weighted by atomic mass is 32.2. The molecule has 1 heterocycles. The third-order valence-corrected chi connectivity index (χ3v) is 3.37. The molecule has 70 valence electrons. The van der Waals surface area contributed by atoms with Gasteiger partial charge in [-0.15, -0.1) is 0 Å². The molecule has 0 aliphatic carbocycles. The fourth-order valence-corrected chi connectivity index (χ4v) is 2.64. The first kappa shape index (κ1) is 10.0. The van der Waals surface area contributed by atoms with E-state index in [1.54, 1.807) is 0 Å². The lowest BCUT2D eigenvalue weighted by Crippen LogP contribution is -2.19. The van der Waals surface area contributed by atoms with Crippen LogP contribution in [0.4, 0.5) is 4.39 Å². The van der Waals surface area contributed by atoms with Crippen molar-refractivity contribution in [3.8, 4) is 0 Å². The molecule has 0 bridgehead atoms. The summed E-state index contributed by atoms with van der Waals surface area (Å²) in [5.41, 5.74) is 0. The van der Waals surface area contributed by atoms with Crippen molar-refractivity contribution in [1.82, 2.24) is 0 Å². The highest BCUT2D eigenvalue weighted by molar-refractivity contribution is 7.99. The summed E-state index contributed by atoms with van der Waals surface area (Å²) in [5.74, 6) is 2.41. The molecule has 0 radical (unpaired) electrons. The summed E-state index contributed by atoms with van der Waals surface area (Å²) in [6.07, 6.45) is 1.41. The molecule has 1 aliphatic heterocycles. The van der Waals surface area contributed by atoms with Gasteiger partial charge in [-0.2, -0.15) is 11.8 Å². The molecule has 0 spiro atoms. The number of carbonyl (C=O) groups excluding carboxylic acids is 1. The third kappa shape index (κ3) is 3.13. The minimum absolute atomic E-state index is 0.312. The van der Waals surface area contributed by atoms with Crippen LogP contribution in [0.2, 0.25) is 0 Å². The molecule has 1 fully saturated rings. The topological polar surface area (TPSA) is 17.1 Å². The van der Waals surface area contributed by atoms with Crippen molar-refractivity contribution in [3.05, 3.63) is 0 Å². The Morgan fingerprint density at radius 3 is 2.67 bits per heavy atom. The Hall–Kier alpha value is -0.0500. The van der Waals surface area contributed by atoms with E-state index in [4.69, 9.17) is 0 Å². The van der Waals surface area contributed by atoms with Gasteiger partial charge in [-0.1, -0.05) is 0 Å². The SMILES string of the molecule is CC(=O)C(F)CC1CCSCC1. The number of hydrogen-bond acceptors (Lipinski definition) is 2. The minimum atomic E-state index is -1.21. The molecule has 1 unspecified atom stereocenters. The van der Waals surface area contributed by atoms with E-state index in [2.05, 4.69) is 0 Å². The van der Waals surface area contributed by atoms with Crippen LogP contribution in [0, 0.1) is 5.92 Å². The van der Waals surface area contributed by atoms with Gasteiger partial charge in [-0.25, -0.2) is 4.39 Å². The van der Waals surface area contributed by atoms with Crippen molar-refractivity contribution < 1.29 is 9.18 Å². The summed E-state index contributed by atoms with van der Waals surface area (Å²) in [7, 11) is 0. The highest BCUT2D eigenvalue weighted by Gasteiger charge is 2.21. The van der Waals surface area contributed by atoms with Gasteiger partial charge in [0.05, 0.1) is 0 Å². The molecule has 3 heteroatoms. The molecular formula is C9H15FOS. The van der Waals surface area contributed by atoms with Gasteiger partial charge in [0.1, 0.15) is 0 Å². The summed E-state index contributed by atoms with van der Waals surface area (Å²) in [6.45, 7) is 1.34. The minimum Gasteiger partial charge on any atom is -0.297 e. The van der Waals surface area contributed by atoms with Gasteiger partial charge in [0, 0.05) is 0 Å². The first-order valence-electron chi connectivity index (χ1n) is 4.42. The van der Waals surface area contributed by atoms with Crippen molar-refractivity contribution in [2.75, 3.05) is 11.5 Å². The fraction of sp³-hybridized carbons (Fsp3) is 0.889. The van der Waals surface area contributed by atoms with Crippen molar-refractivity contribution in [1.29, 1.82) is 0 Å². The van der Waals surface area contributed by atoms with Crippen LogP contribution in [0.25, 0.3) is 0 Å². The van der Waals surface area contributed by atoms with Gasteiger partial charge in [0.25, 0.3) is 0 Å². The molecule has 1 saturated heterocycles. The summed E-state index contributed by atoms with van der Waals surface area (Å²) >= 11 is 1.93. The smallest absolute Gasteiger partial charge is 0.163 e. The van der Waals surface area contributed by atoms with E-state index in [0.717, 1.165) is 24.3 Å². The van der Waals surface area contributed by atoms with E-state index in [1.807, 2.05) is 11.8 Å². The zero-order chi connectivity index (χ0) is 8.97. The lowest BCUT2D eigenvalue weighted by molar-refractivity contribution is -0.122. The van der Waals surface area contributed by atoms with Gasteiger partial charge in [-0.3, -0.25) is 4.79 Å². The number of thioether (sulfide) groups is 1. The van der Waals surface area contributed by atoms with Gasteiger partial charge in [0.2, 0.25) is 0 Å². The van der Waals surface area contributed by atoms with Crippen LogP contribution in [-0.4, -0.2) is 23.5 Å². The van der Waals surface area contributed by atoms with Crippen molar-refractivity contribution >= 4 is 17.5 Å². The molecule has 0 saturated carbocycles. The molecule has 1 nitrogen and oxygen atoms in total. The number of alkyl halides is 1. The largest absolute Gasteiger partial charge is 0.297 e. The lowest BCUT2D eigenvalue weighted by Gasteiger charge is -2.21. The number of carbonyl (C=O) groups is 1. The maximum absolute atomic E-state index is 13.0. The Morgan fingerprint density at radius 2 is 2.17 bits per heavy atom. The van der Waals surface area contributed by atoms with E-state index >= 15 is 0 Å². The molecule has 0 N–H and O–H groups in total. The standard InChI is InChI=1S/C9H15FOS/c1-7(11)9(10)6-8-2-4-12-5-3-8/h8-9H,2-6H2,1H3. The predicted molar refractivity (Wildman–Crippen MR) is 50.2 cm³/mol. The van der Waals surface area contributed by atoms with Crippen LogP contribution >= 0.6 is 11.8 Å². The van der Waals surface area contributed by atoms with E-state index in [1.165, 1.54) is 6.92 Å². The fourth-order valence-electron chi connectivity index (χ4n) is 1.44. The Morgan fingerprint density at radius 1 is 1.58 bits per heavy atom. The maximum Gasteiger partial charge on any atom is 0.163 e. The summed E-state index contributed by atoms with van der Waals surface area (Å²) in [6, 6.07) is 0. The van der Waals surface area contributed by atoms with Crippen LogP contribution in [0.1, 0.15) is 26.2 Å². The monoisotopic (exact) mass is 190 g/mol. The van der Waals surface area contributed by atoms with Gasteiger partial charge < -0.3 is 0 Å². The number of rotatable bonds is 3. The van der Waals surface area contributed by atoms with Crippen molar-refractivity contribution in [2.45, 2.75) is 32.4 Å². The van der Waals surface area contributed by atoms with E-state index in [0.29, 0.717) is 12.3 Å². The van der Waals surface area contributed by atoms with E-state index in [-0.39, 0.29) is 5.78 Å². The first-order valence-corrected chi connectivity index (χ1v) is 5.58. The molecule has 1 atom stereocenters. The Bertz CT molecular complexity index is 155. The van der Waals surface area contributed by atoms with Crippen LogP contribution in [0.5, 0.6) is 0 Å². The summed E-state index contributed by atoms with van der Waals surface area (Å²) in [4.78, 5) is 10.6. The number of hydrogen-bond donors (Lipinski definition) is 0. The second-order valence-corrected chi connectivity index (χ2v) is 4.59. The molecule has 12 heavy (non-hydrogen) atoms. The highest BCUT2D eigenvalue weighted by Crippen LogP contribution is 2.27. The van der Waals surface area contributed by atoms with Crippen molar-refractivity contribution in [3.63, 3.8) is 0 Å². The number of ketones is 1. The van der Waals surface area contributed by atoms with Gasteiger partial charge in [0.15, 0.2) is 12.0 Å². The molecule has 0 aromatic heterocycles. The second kappa shape index (κ2) is 4.85. The average Bonchev–Trinajstić information content (AvgIpc) is 2.06. The molecular weight excluding hydrogens is 175 g/mol. The summed E-state index contributed by atoms with van der Waals surface area (Å²) < 4.78 is 13.0. The Labute approximate surface area is 77.1 Å². The Kier molecular flexibility index (Phi) is 4.06. The van der Waals surface area contributed by atoms with Crippen LogP contribution in [0.15, 0.2) is 0 Å². The quantitative estimate of drug-likeness (QED) is 0.680. The zero-order valence-electron chi connectivity index (χ0n) is 7.38. The lowest BCUT2D eigenvalue weighted by atomic mass is 9.95. The second-order valence-electron chi connectivity index (χ2n) is 3.37. The van der Waals surface area contributed by atoms with Gasteiger partial charge in [-0.05, 0) is 43.6 Å². The number of Topliss-reactive ketones (excluding diaryl/α,β-unsaturated/α-hetero) is 1. The normalized spacial score (nSPS) is 22.2. The molecule has 0 aromatic carbocycles. The molecule has 1 aliphatic rings. The summed E-state index contributed by atoms with van der Waals surface area (Å²) in [5, 5.41) is 0. The predicted octanol–water partition coefficient (Wildman–Crippen LogP) is 2.45. The molecule has 0 aromatic rings. The molecule has 0 amide bonds. The van der Waals surface area contributed by atoms with Crippen molar-refractivity contribution in [2.24, 2.45) is 5.92 Å². The van der Waals surface area contributed by atoms with Gasteiger partial charge >= 0.3 is 0 Å². The maximum atomic E-state index is 13.0. The number of halogens is 1. The van der Waals surface area contributed by atoms with Crippen LogP contribution in [0.3, 0.4) is 0 Å². The average molecular weight is 190 g/mol. The van der Waals surface area contributed by atoms with Crippen LogP contribution < -0.4 is 0 Å². The van der Waals surface area contributed by atoms with E-state index in [9.17, 15) is 9.18 Å². The van der Waals surface area contributed by atoms with E-state index < -0.39 is 6.17 Å². The molecule has 1 rings (SSSR count). The Balaban J connectivity index is 2.24. The third-order valence-electron chi connectivity index (χ3n) is 2.32. The van der Waals surface area contributed by atoms with Crippen LogP contribution in [-0.2, 0) is 4.79 Å².